The van der Waals surface area contributed by atoms with Crippen LogP contribution in [0.3, 0.4) is 0 Å². The molecule has 0 radical (unpaired) electrons. The molecule has 1 heterocycles. The third-order valence-corrected chi connectivity index (χ3v) is 6.62. The van der Waals surface area contributed by atoms with Gasteiger partial charge < -0.3 is 14.7 Å². The lowest BCUT2D eigenvalue weighted by molar-refractivity contribution is -0.0739. The Morgan fingerprint density at radius 3 is 2.48 bits per heavy atom. The first-order valence-corrected chi connectivity index (χ1v) is 11.2. The summed E-state index contributed by atoms with van der Waals surface area (Å²) in [5.41, 5.74) is 5.45. The van der Waals surface area contributed by atoms with Gasteiger partial charge in [-0.3, -0.25) is 0 Å². The van der Waals surface area contributed by atoms with Crippen molar-refractivity contribution in [3.8, 4) is 0 Å². The molecule has 0 saturated heterocycles. The van der Waals surface area contributed by atoms with Gasteiger partial charge in [0.25, 0.3) is 0 Å². The zero-order chi connectivity index (χ0) is 21.2. The zero-order valence-corrected chi connectivity index (χ0v) is 17.6. The van der Waals surface area contributed by atoms with Crippen LogP contribution in [-0.4, -0.2) is 23.4 Å². The number of ether oxygens (including phenoxy) is 1. The fourth-order valence-corrected chi connectivity index (χ4v) is 5.06. The van der Waals surface area contributed by atoms with Gasteiger partial charge in [-0.05, 0) is 73.1 Å². The summed E-state index contributed by atoms with van der Waals surface area (Å²) in [5.74, 6) is -0.210. The number of para-hydroxylation sites is 1. The van der Waals surface area contributed by atoms with Gasteiger partial charge in [0.05, 0.1) is 18.8 Å². The molecular weight excluding hydrogens is 389 g/mol. The molecule has 1 N–H and O–H groups in total. The van der Waals surface area contributed by atoms with Crippen LogP contribution in [0.2, 0.25) is 0 Å². The predicted molar refractivity (Wildman–Crippen MR) is 121 cm³/mol. The molecule has 4 heteroatoms. The maximum Gasteiger partial charge on any atom is 0.123 e. The molecule has 160 valence electrons. The van der Waals surface area contributed by atoms with E-state index in [1.807, 2.05) is 42.5 Å². The van der Waals surface area contributed by atoms with E-state index in [1.54, 1.807) is 6.07 Å². The molecule has 3 nitrogen and oxygen atoms in total. The van der Waals surface area contributed by atoms with Gasteiger partial charge >= 0.3 is 0 Å². The third-order valence-electron chi connectivity index (χ3n) is 6.62. The summed E-state index contributed by atoms with van der Waals surface area (Å²) in [7, 11) is 0. The zero-order valence-electron chi connectivity index (χ0n) is 17.6. The van der Waals surface area contributed by atoms with Crippen molar-refractivity contribution in [3.63, 3.8) is 0 Å². The molecule has 1 saturated carbocycles. The molecule has 1 aliphatic heterocycles. The fraction of sp³-hybridized carbons (Fsp3) is 0.333. The number of rotatable bonds is 4. The number of aliphatic hydroxyl groups is 1. The highest BCUT2D eigenvalue weighted by atomic mass is 19.1. The largest absolute Gasteiger partial charge is 0.388 e. The number of nitrogens with zero attached hydrogens (tertiary/aromatic N) is 1. The normalized spacial score (nSPS) is 23.0. The van der Waals surface area contributed by atoms with Crippen molar-refractivity contribution in [2.45, 2.75) is 57.0 Å². The maximum absolute atomic E-state index is 14.0. The van der Waals surface area contributed by atoms with Gasteiger partial charge in [0.15, 0.2) is 0 Å². The first-order chi connectivity index (χ1) is 15.2. The van der Waals surface area contributed by atoms with Crippen LogP contribution in [0.25, 0.3) is 0 Å². The fourth-order valence-electron chi connectivity index (χ4n) is 5.06. The first kappa shape index (κ1) is 20.2. The molecule has 0 aromatic heterocycles. The van der Waals surface area contributed by atoms with Crippen LogP contribution in [0.4, 0.5) is 15.8 Å². The molecule has 31 heavy (non-hydrogen) atoms. The van der Waals surface area contributed by atoms with Gasteiger partial charge in [-0.1, -0.05) is 48.5 Å². The van der Waals surface area contributed by atoms with Crippen LogP contribution in [0.1, 0.15) is 36.0 Å². The molecule has 0 bridgehead atoms. The van der Waals surface area contributed by atoms with Gasteiger partial charge in [-0.15, -0.1) is 0 Å². The van der Waals surface area contributed by atoms with Gasteiger partial charge in [-0.25, -0.2) is 4.39 Å². The molecule has 5 rings (SSSR count). The Bertz CT molecular complexity index is 1040. The van der Waals surface area contributed by atoms with Gasteiger partial charge in [0.2, 0.25) is 0 Å². The second-order valence-electron chi connectivity index (χ2n) is 8.60. The quantitative estimate of drug-likeness (QED) is 0.603. The number of aliphatic hydroxyl groups excluding tert-OH is 1. The number of halogens is 1. The highest BCUT2D eigenvalue weighted by Gasteiger charge is 2.38. The first-order valence-electron chi connectivity index (χ1n) is 11.2. The summed E-state index contributed by atoms with van der Waals surface area (Å²) in [6, 6.07) is 23.4. The molecular formula is C27H28FNO2. The number of hydrogen-bond acceptors (Lipinski definition) is 3. The van der Waals surface area contributed by atoms with Gasteiger partial charge in [0.1, 0.15) is 11.9 Å². The third kappa shape index (κ3) is 4.10. The Labute approximate surface area is 183 Å². The second kappa shape index (κ2) is 8.81. The smallest absolute Gasteiger partial charge is 0.123 e. The number of anilines is 2. The molecule has 0 spiro atoms. The SMILES string of the molecule is OC1C(OCc2ccccc2)CCCC1N1c2ccccc2CCc2cc(F)ccc21. The summed E-state index contributed by atoms with van der Waals surface area (Å²) in [6.07, 6.45) is 3.50. The predicted octanol–water partition coefficient (Wildman–Crippen LogP) is 5.56. The van der Waals surface area contributed by atoms with Crippen LogP contribution in [0, 0.1) is 5.82 Å². The van der Waals surface area contributed by atoms with E-state index in [9.17, 15) is 9.50 Å². The number of fused-ring (bicyclic) bond motifs is 2. The van der Waals surface area contributed by atoms with Crippen LogP contribution >= 0.6 is 0 Å². The monoisotopic (exact) mass is 417 g/mol. The van der Waals surface area contributed by atoms with E-state index >= 15 is 0 Å². The van der Waals surface area contributed by atoms with E-state index in [-0.39, 0.29) is 18.0 Å². The van der Waals surface area contributed by atoms with E-state index in [2.05, 4.69) is 23.1 Å². The van der Waals surface area contributed by atoms with E-state index < -0.39 is 6.10 Å². The van der Waals surface area contributed by atoms with Crippen molar-refractivity contribution >= 4 is 11.4 Å². The summed E-state index contributed by atoms with van der Waals surface area (Å²) in [4.78, 5) is 2.25. The minimum Gasteiger partial charge on any atom is -0.388 e. The summed E-state index contributed by atoms with van der Waals surface area (Å²) >= 11 is 0. The summed E-state index contributed by atoms with van der Waals surface area (Å²) in [5, 5.41) is 11.4. The van der Waals surface area contributed by atoms with E-state index in [0.29, 0.717) is 6.61 Å². The lowest BCUT2D eigenvalue weighted by Gasteiger charge is -2.43. The van der Waals surface area contributed by atoms with Crippen molar-refractivity contribution < 1.29 is 14.2 Å². The Kier molecular flexibility index (Phi) is 5.75. The van der Waals surface area contributed by atoms with Crippen LogP contribution in [0.5, 0.6) is 0 Å². The van der Waals surface area contributed by atoms with Gasteiger partial charge in [-0.2, -0.15) is 0 Å². The Morgan fingerprint density at radius 1 is 0.871 bits per heavy atom. The number of aryl methyl sites for hydroxylation is 2. The molecule has 3 aromatic rings. The minimum absolute atomic E-state index is 0.113. The van der Waals surface area contributed by atoms with Crippen molar-refractivity contribution in [1.82, 2.24) is 0 Å². The number of hydrogen-bond donors (Lipinski definition) is 1. The minimum atomic E-state index is -0.624. The topological polar surface area (TPSA) is 32.7 Å². The standard InChI is InChI=1S/C27H28FNO2/c28-22-15-16-24-21(17-22)14-13-20-9-4-5-10-23(20)29(24)25-11-6-12-26(27(25)30)31-18-19-7-2-1-3-8-19/h1-5,7-10,15-17,25-27,30H,6,11-14,18H2. The molecule has 0 amide bonds. The highest BCUT2D eigenvalue weighted by molar-refractivity contribution is 5.72. The molecule has 1 aliphatic carbocycles. The second-order valence-corrected chi connectivity index (χ2v) is 8.60. The van der Waals surface area contributed by atoms with Crippen LogP contribution in [-0.2, 0) is 24.2 Å². The Balaban J connectivity index is 1.46. The van der Waals surface area contributed by atoms with E-state index in [4.69, 9.17) is 4.74 Å². The van der Waals surface area contributed by atoms with Crippen molar-refractivity contribution in [2.75, 3.05) is 4.90 Å². The summed E-state index contributed by atoms with van der Waals surface area (Å²) < 4.78 is 20.2. The molecule has 1 fully saturated rings. The van der Waals surface area contributed by atoms with Crippen molar-refractivity contribution in [1.29, 1.82) is 0 Å². The average Bonchev–Trinajstić information content (AvgIpc) is 2.96. The Hall–Kier alpha value is -2.69. The van der Waals surface area contributed by atoms with Crippen molar-refractivity contribution in [3.05, 3.63) is 95.3 Å². The average molecular weight is 418 g/mol. The van der Waals surface area contributed by atoms with Gasteiger partial charge in [0, 0.05) is 11.4 Å². The molecule has 2 aliphatic rings. The lowest BCUT2D eigenvalue weighted by atomic mass is 9.87. The summed E-state index contributed by atoms with van der Waals surface area (Å²) in [6.45, 7) is 0.494. The Morgan fingerprint density at radius 2 is 1.61 bits per heavy atom. The van der Waals surface area contributed by atoms with E-state index in [1.165, 1.54) is 11.6 Å². The molecule has 3 atom stereocenters. The van der Waals surface area contributed by atoms with Crippen molar-refractivity contribution in [2.24, 2.45) is 0 Å². The molecule has 3 aromatic carbocycles. The van der Waals surface area contributed by atoms with E-state index in [0.717, 1.165) is 54.6 Å². The van der Waals surface area contributed by atoms with Crippen LogP contribution < -0.4 is 4.90 Å². The van der Waals surface area contributed by atoms with Crippen LogP contribution in [0.15, 0.2) is 72.8 Å². The highest BCUT2D eigenvalue weighted by Crippen LogP contribution is 2.41. The maximum atomic E-state index is 14.0. The number of benzene rings is 3. The lowest BCUT2D eigenvalue weighted by Crippen LogP contribution is -2.50. The molecule has 3 unspecified atom stereocenters.